The van der Waals surface area contributed by atoms with Crippen LogP contribution in [0.15, 0.2) is 11.6 Å². The van der Waals surface area contributed by atoms with Crippen LogP contribution in [0.25, 0.3) is 0 Å². The lowest BCUT2D eigenvalue weighted by molar-refractivity contribution is -0.144. The van der Waals surface area contributed by atoms with Gasteiger partial charge in [-0.15, -0.1) is 0 Å². The SMILES string of the molecule is C/C1=C\CC[C@@]2(C)OC2C2OC(=O)[C@@H](CNC(C)(C)C)C2CC1. The smallest absolute Gasteiger partial charge is 0.311 e. The van der Waals surface area contributed by atoms with Gasteiger partial charge in [0.05, 0.1) is 11.5 Å². The fourth-order valence-electron chi connectivity index (χ4n) is 3.99. The average molecular weight is 321 g/mol. The van der Waals surface area contributed by atoms with Gasteiger partial charge >= 0.3 is 5.97 Å². The van der Waals surface area contributed by atoms with Crippen molar-refractivity contribution in [3.63, 3.8) is 0 Å². The molecule has 23 heavy (non-hydrogen) atoms. The summed E-state index contributed by atoms with van der Waals surface area (Å²) in [7, 11) is 0. The average Bonchev–Trinajstić information content (AvgIpc) is 2.99. The highest BCUT2D eigenvalue weighted by Gasteiger charge is 2.62. The Hall–Kier alpha value is -0.870. The van der Waals surface area contributed by atoms with Gasteiger partial charge in [-0.2, -0.15) is 0 Å². The predicted molar refractivity (Wildman–Crippen MR) is 90.1 cm³/mol. The van der Waals surface area contributed by atoms with Gasteiger partial charge in [0.1, 0.15) is 12.2 Å². The number of fused-ring (bicyclic) bond motifs is 3. The topological polar surface area (TPSA) is 50.9 Å². The Morgan fingerprint density at radius 2 is 2.13 bits per heavy atom. The summed E-state index contributed by atoms with van der Waals surface area (Å²) in [5.41, 5.74) is 1.33. The Balaban J connectivity index is 1.77. The molecular weight excluding hydrogens is 290 g/mol. The van der Waals surface area contributed by atoms with Crippen molar-refractivity contribution in [1.82, 2.24) is 5.32 Å². The zero-order valence-corrected chi connectivity index (χ0v) is 15.1. The highest BCUT2D eigenvalue weighted by Crippen LogP contribution is 2.50. The minimum absolute atomic E-state index is 0.00870. The standard InChI is InChI=1S/C19H31NO3/c1-12-7-6-10-19(5)16(23-19)15-13(9-8-12)14(17(21)22-15)11-20-18(2,3)4/h7,13-16,20H,6,8-11H2,1-5H3/b12-7+/t13?,14-,15?,16?,19+/m0/s1. The van der Waals surface area contributed by atoms with E-state index in [4.69, 9.17) is 9.47 Å². The molecule has 1 N–H and O–H groups in total. The molecule has 130 valence electrons. The highest BCUT2D eigenvalue weighted by atomic mass is 16.6. The second-order valence-corrected chi connectivity index (χ2v) is 8.78. The van der Waals surface area contributed by atoms with E-state index in [-0.39, 0.29) is 41.2 Å². The summed E-state index contributed by atoms with van der Waals surface area (Å²) < 4.78 is 11.8. The van der Waals surface area contributed by atoms with Crippen LogP contribution in [0.2, 0.25) is 0 Å². The summed E-state index contributed by atoms with van der Waals surface area (Å²) in [4.78, 5) is 12.5. The number of esters is 1. The first-order valence-electron chi connectivity index (χ1n) is 8.99. The minimum atomic E-state index is -0.107. The largest absolute Gasteiger partial charge is 0.459 e. The summed E-state index contributed by atoms with van der Waals surface area (Å²) in [5.74, 6) is 0.154. The van der Waals surface area contributed by atoms with Crippen LogP contribution in [0.1, 0.15) is 60.3 Å². The maximum atomic E-state index is 12.5. The van der Waals surface area contributed by atoms with E-state index in [2.05, 4.69) is 46.0 Å². The van der Waals surface area contributed by atoms with Crippen LogP contribution in [0.5, 0.6) is 0 Å². The van der Waals surface area contributed by atoms with Crippen molar-refractivity contribution >= 4 is 5.97 Å². The van der Waals surface area contributed by atoms with E-state index >= 15 is 0 Å². The molecule has 5 atom stereocenters. The Kier molecular flexibility index (Phi) is 4.35. The van der Waals surface area contributed by atoms with Crippen molar-refractivity contribution in [3.8, 4) is 0 Å². The van der Waals surface area contributed by atoms with Crippen molar-refractivity contribution in [3.05, 3.63) is 11.6 Å². The second kappa shape index (κ2) is 5.89. The first-order chi connectivity index (χ1) is 10.7. The third kappa shape index (κ3) is 3.63. The van der Waals surface area contributed by atoms with Gasteiger partial charge < -0.3 is 14.8 Å². The van der Waals surface area contributed by atoms with Crippen molar-refractivity contribution in [2.45, 2.75) is 83.6 Å². The van der Waals surface area contributed by atoms with E-state index in [9.17, 15) is 4.79 Å². The molecule has 0 bridgehead atoms. The van der Waals surface area contributed by atoms with Crippen LogP contribution in [-0.2, 0) is 14.3 Å². The maximum absolute atomic E-state index is 12.5. The fraction of sp³-hybridized carbons (Fsp3) is 0.842. The van der Waals surface area contributed by atoms with E-state index in [0.29, 0.717) is 6.54 Å². The molecule has 0 saturated carbocycles. The lowest BCUT2D eigenvalue weighted by Gasteiger charge is -2.26. The number of rotatable bonds is 2. The summed E-state index contributed by atoms with van der Waals surface area (Å²) in [6.45, 7) is 11.4. The molecule has 0 aromatic carbocycles. The number of ether oxygens (including phenoxy) is 2. The quantitative estimate of drug-likeness (QED) is 0.482. The van der Waals surface area contributed by atoms with Crippen LogP contribution in [0.3, 0.4) is 0 Å². The van der Waals surface area contributed by atoms with Gasteiger partial charge in [0, 0.05) is 18.0 Å². The lowest BCUT2D eigenvalue weighted by Crippen LogP contribution is -2.42. The number of carbonyl (C=O) groups is 1. The molecule has 2 fully saturated rings. The Bertz CT molecular complexity index is 507. The van der Waals surface area contributed by atoms with E-state index in [1.165, 1.54) is 5.57 Å². The molecule has 3 rings (SSSR count). The van der Waals surface area contributed by atoms with Gasteiger partial charge in [-0.25, -0.2) is 0 Å². The molecule has 1 aliphatic carbocycles. The summed E-state index contributed by atoms with van der Waals surface area (Å²) in [5, 5.41) is 3.48. The van der Waals surface area contributed by atoms with Gasteiger partial charge in [0.25, 0.3) is 0 Å². The molecule has 3 aliphatic rings. The Labute approximate surface area is 140 Å². The van der Waals surface area contributed by atoms with Gasteiger partial charge in [-0.3, -0.25) is 4.79 Å². The van der Waals surface area contributed by atoms with Gasteiger partial charge in [0.2, 0.25) is 0 Å². The molecule has 0 aromatic heterocycles. The normalized spacial score (nSPS) is 43.0. The van der Waals surface area contributed by atoms with E-state index < -0.39 is 0 Å². The van der Waals surface area contributed by atoms with E-state index in [1.54, 1.807) is 0 Å². The molecule has 4 nitrogen and oxygen atoms in total. The predicted octanol–water partition coefficient (Wildman–Crippen LogP) is 3.21. The zero-order chi connectivity index (χ0) is 16.8. The number of carbonyl (C=O) groups excluding carboxylic acids is 1. The van der Waals surface area contributed by atoms with Crippen molar-refractivity contribution in [2.75, 3.05) is 6.54 Å². The summed E-state index contributed by atoms with van der Waals surface area (Å²) in [6, 6.07) is 0. The molecule has 2 aliphatic heterocycles. The van der Waals surface area contributed by atoms with E-state index in [1.807, 2.05) is 0 Å². The van der Waals surface area contributed by atoms with Gasteiger partial charge in [-0.1, -0.05) is 11.6 Å². The number of hydrogen-bond donors (Lipinski definition) is 1. The number of epoxide rings is 1. The van der Waals surface area contributed by atoms with Crippen LogP contribution >= 0.6 is 0 Å². The number of nitrogens with one attached hydrogen (secondary N) is 1. The molecule has 0 amide bonds. The van der Waals surface area contributed by atoms with Crippen LogP contribution in [-0.4, -0.2) is 35.9 Å². The van der Waals surface area contributed by atoms with Crippen molar-refractivity contribution in [1.29, 1.82) is 0 Å². The highest BCUT2D eigenvalue weighted by molar-refractivity contribution is 5.75. The third-order valence-electron chi connectivity index (χ3n) is 5.59. The first kappa shape index (κ1) is 17.0. The maximum Gasteiger partial charge on any atom is 0.311 e. The second-order valence-electron chi connectivity index (χ2n) is 8.78. The molecule has 3 unspecified atom stereocenters. The van der Waals surface area contributed by atoms with Gasteiger partial charge in [0.15, 0.2) is 0 Å². The molecule has 2 saturated heterocycles. The van der Waals surface area contributed by atoms with Gasteiger partial charge in [-0.05, 0) is 60.3 Å². The number of allylic oxidation sites excluding steroid dienone is 2. The molecule has 0 radical (unpaired) electrons. The monoisotopic (exact) mass is 321 g/mol. The Morgan fingerprint density at radius 3 is 2.83 bits per heavy atom. The third-order valence-corrected chi connectivity index (χ3v) is 5.59. The van der Waals surface area contributed by atoms with Crippen LogP contribution in [0.4, 0.5) is 0 Å². The molecule has 0 spiro atoms. The zero-order valence-electron chi connectivity index (χ0n) is 15.1. The molecule has 2 heterocycles. The van der Waals surface area contributed by atoms with Crippen molar-refractivity contribution in [2.24, 2.45) is 11.8 Å². The van der Waals surface area contributed by atoms with Crippen molar-refractivity contribution < 1.29 is 14.3 Å². The fourth-order valence-corrected chi connectivity index (χ4v) is 3.99. The number of hydrogen-bond acceptors (Lipinski definition) is 4. The van der Waals surface area contributed by atoms with Crippen LogP contribution < -0.4 is 5.32 Å². The molecular formula is C19H31NO3. The lowest BCUT2D eigenvalue weighted by atomic mass is 9.80. The first-order valence-corrected chi connectivity index (χ1v) is 8.99. The van der Waals surface area contributed by atoms with E-state index in [0.717, 1.165) is 25.7 Å². The molecule has 0 aromatic rings. The minimum Gasteiger partial charge on any atom is -0.459 e. The van der Waals surface area contributed by atoms with Crippen LogP contribution in [0, 0.1) is 11.8 Å². The summed E-state index contributed by atoms with van der Waals surface area (Å²) >= 11 is 0. The summed E-state index contributed by atoms with van der Waals surface area (Å²) in [6.07, 6.45) is 6.48. The molecule has 4 heteroatoms. The Morgan fingerprint density at radius 1 is 1.39 bits per heavy atom.